The Balaban J connectivity index is 2.16. The van der Waals surface area contributed by atoms with E-state index in [1.807, 2.05) is 6.92 Å². The number of hydrogen-bond acceptors (Lipinski definition) is 7. The maximum absolute atomic E-state index is 10.6. The predicted octanol–water partition coefficient (Wildman–Crippen LogP) is 3.60. The lowest BCUT2D eigenvalue weighted by Crippen LogP contribution is -1.97. The van der Waals surface area contributed by atoms with Crippen LogP contribution in [0.1, 0.15) is 18.9 Å². The van der Waals surface area contributed by atoms with Crippen LogP contribution in [0, 0.1) is 10.1 Å². The molecule has 106 valence electrons. The molecule has 0 saturated carbocycles. The van der Waals surface area contributed by atoms with E-state index in [-0.39, 0.29) is 16.8 Å². The molecule has 7 nitrogen and oxygen atoms in total. The Labute approximate surface area is 123 Å². The zero-order valence-electron chi connectivity index (χ0n) is 10.6. The first kappa shape index (κ1) is 14.6. The second-order valence-electron chi connectivity index (χ2n) is 3.77. The molecule has 1 aromatic carbocycles. The molecular formula is C11H10ClN3O4S. The van der Waals surface area contributed by atoms with Gasteiger partial charge in [0.15, 0.2) is 5.82 Å². The van der Waals surface area contributed by atoms with Gasteiger partial charge in [-0.05, 0) is 13.0 Å². The number of nitro benzene ring substituents is 1. The van der Waals surface area contributed by atoms with E-state index in [1.54, 1.807) is 7.11 Å². The van der Waals surface area contributed by atoms with Gasteiger partial charge in [-0.25, -0.2) is 0 Å². The molecule has 20 heavy (non-hydrogen) atoms. The zero-order valence-corrected chi connectivity index (χ0v) is 12.1. The first-order valence-corrected chi connectivity index (χ1v) is 6.64. The molecule has 0 N–H and O–H groups in total. The van der Waals surface area contributed by atoms with Crippen LogP contribution in [0.4, 0.5) is 5.69 Å². The molecule has 0 saturated heterocycles. The second kappa shape index (κ2) is 6.12. The molecule has 0 fully saturated rings. The van der Waals surface area contributed by atoms with Gasteiger partial charge in [-0.15, -0.1) is 0 Å². The minimum atomic E-state index is -0.560. The minimum absolute atomic E-state index is 0.00231. The van der Waals surface area contributed by atoms with Crippen LogP contribution in [-0.4, -0.2) is 21.4 Å². The summed E-state index contributed by atoms with van der Waals surface area (Å²) in [6.07, 6.45) is -0.232. The molecule has 0 amide bonds. The van der Waals surface area contributed by atoms with Crippen molar-refractivity contribution >= 4 is 28.8 Å². The summed E-state index contributed by atoms with van der Waals surface area (Å²) in [6, 6.07) is 4.09. The van der Waals surface area contributed by atoms with Crippen LogP contribution in [0.5, 0.6) is 10.9 Å². The predicted molar refractivity (Wildman–Crippen MR) is 73.5 cm³/mol. The Morgan fingerprint density at radius 3 is 2.85 bits per heavy atom. The van der Waals surface area contributed by atoms with Gasteiger partial charge in [-0.2, -0.15) is 9.36 Å². The highest BCUT2D eigenvalue weighted by molar-refractivity contribution is 7.07. The van der Waals surface area contributed by atoms with Crippen molar-refractivity contribution in [3.63, 3.8) is 0 Å². The van der Waals surface area contributed by atoms with Crippen molar-refractivity contribution in [2.75, 3.05) is 7.11 Å². The SMILES string of the molecule is COC(C)c1nsc(Oc2ccc([N+](=O)[O-])c(Cl)c2)n1. The quantitative estimate of drug-likeness (QED) is 0.618. The third-order valence-electron chi connectivity index (χ3n) is 2.46. The van der Waals surface area contributed by atoms with Crippen LogP contribution >= 0.6 is 23.1 Å². The number of benzene rings is 1. The maximum atomic E-state index is 10.6. The molecule has 1 heterocycles. The molecular weight excluding hydrogens is 306 g/mol. The Morgan fingerprint density at radius 2 is 2.25 bits per heavy atom. The average molecular weight is 316 g/mol. The van der Waals surface area contributed by atoms with Crippen LogP contribution in [0.2, 0.25) is 5.02 Å². The highest BCUT2D eigenvalue weighted by Gasteiger charge is 2.15. The maximum Gasteiger partial charge on any atom is 0.298 e. The fourth-order valence-corrected chi connectivity index (χ4v) is 2.20. The number of methoxy groups -OCH3 is 1. The lowest BCUT2D eigenvalue weighted by Gasteiger charge is -2.03. The first-order chi connectivity index (χ1) is 9.51. The smallest absolute Gasteiger partial charge is 0.298 e. The van der Waals surface area contributed by atoms with E-state index in [2.05, 4.69) is 9.36 Å². The van der Waals surface area contributed by atoms with Crippen LogP contribution in [0.3, 0.4) is 0 Å². The molecule has 1 atom stereocenters. The number of nitrogens with zero attached hydrogens (tertiary/aromatic N) is 3. The summed E-state index contributed by atoms with van der Waals surface area (Å²) in [4.78, 5) is 14.2. The fraction of sp³-hybridized carbons (Fsp3) is 0.273. The Hall–Kier alpha value is -1.77. The molecule has 0 bridgehead atoms. The molecule has 0 radical (unpaired) electrons. The van der Waals surface area contributed by atoms with Gasteiger partial charge in [-0.1, -0.05) is 11.6 Å². The van der Waals surface area contributed by atoms with Gasteiger partial charge in [0.1, 0.15) is 16.9 Å². The molecule has 0 aliphatic rings. The van der Waals surface area contributed by atoms with Crippen molar-refractivity contribution in [3.05, 3.63) is 39.2 Å². The third kappa shape index (κ3) is 3.21. The van der Waals surface area contributed by atoms with Crippen molar-refractivity contribution in [2.45, 2.75) is 13.0 Å². The van der Waals surface area contributed by atoms with Gasteiger partial charge in [0, 0.05) is 30.8 Å². The molecule has 9 heteroatoms. The van der Waals surface area contributed by atoms with E-state index < -0.39 is 4.92 Å². The van der Waals surface area contributed by atoms with E-state index >= 15 is 0 Å². The lowest BCUT2D eigenvalue weighted by atomic mass is 10.3. The van der Waals surface area contributed by atoms with Crippen LogP contribution in [0.15, 0.2) is 18.2 Å². The van der Waals surface area contributed by atoms with Crippen LogP contribution in [-0.2, 0) is 4.74 Å². The Kier molecular flexibility index (Phi) is 4.48. The standard InChI is InChI=1S/C11H10ClN3O4S/c1-6(18-2)10-13-11(20-14-10)19-7-3-4-9(15(16)17)8(12)5-7/h3-6H,1-2H3. The van der Waals surface area contributed by atoms with E-state index in [1.165, 1.54) is 18.2 Å². The van der Waals surface area contributed by atoms with E-state index in [0.717, 1.165) is 11.5 Å². The normalized spacial score (nSPS) is 12.2. The molecule has 1 unspecified atom stereocenters. The monoisotopic (exact) mass is 315 g/mol. The summed E-state index contributed by atoms with van der Waals surface area (Å²) in [5.41, 5.74) is -0.176. The van der Waals surface area contributed by atoms with Crippen molar-refractivity contribution in [2.24, 2.45) is 0 Å². The molecule has 1 aromatic heterocycles. The van der Waals surface area contributed by atoms with Gasteiger partial charge in [0.25, 0.3) is 10.9 Å². The summed E-state index contributed by atoms with van der Waals surface area (Å²) < 4.78 is 14.6. The number of rotatable bonds is 5. The second-order valence-corrected chi connectivity index (χ2v) is 4.89. The number of nitro groups is 1. The number of halogens is 1. The minimum Gasteiger partial charge on any atom is -0.430 e. The van der Waals surface area contributed by atoms with Crippen molar-refractivity contribution < 1.29 is 14.4 Å². The van der Waals surface area contributed by atoms with Gasteiger partial charge < -0.3 is 9.47 Å². The zero-order chi connectivity index (χ0) is 14.7. The molecule has 0 aliphatic carbocycles. The summed E-state index contributed by atoms with van der Waals surface area (Å²) in [5.74, 6) is 0.869. The number of aromatic nitrogens is 2. The molecule has 2 rings (SSSR count). The number of hydrogen-bond donors (Lipinski definition) is 0. The fourth-order valence-electron chi connectivity index (χ4n) is 1.33. The van der Waals surface area contributed by atoms with Gasteiger partial charge in [0.05, 0.1) is 4.92 Å². The van der Waals surface area contributed by atoms with Crippen LogP contribution < -0.4 is 4.74 Å². The Bertz CT molecular complexity index is 634. The third-order valence-corrected chi connectivity index (χ3v) is 3.37. The average Bonchev–Trinajstić information content (AvgIpc) is 2.86. The summed E-state index contributed by atoms with van der Waals surface area (Å²) >= 11 is 6.86. The molecule has 0 aliphatic heterocycles. The summed E-state index contributed by atoms with van der Waals surface area (Å²) in [5, 5.41) is 11.0. The van der Waals surface area contributed by atoms with Gasteiger partial charge >= 0.3 is 0 Å². The largest absolute Gasteiger partial charge is 0.430 e. The number of ether oxygens (including phenoxy) is 2. The van der Waals surface area contributed by atoms with E-state index in [0.29, 0.717) is 16.8 Å². The molecule has 0 spiro atoms. The highest BCUT2D eigenvalue weighted by Crippen LogP contribution is 2.32. The van der Waals surface area contributed by atoms with Gasteiger partial charge in [-0.3, -0.25) is 10.1 Å². The van der Waals surface area contributed by atoms with Gasteiger partial charge in [0.2, 0.25) is 0 Å². The molecule has 2 aromatic rings. The van der Waals surface area contributed by atoms with Crippen molar-refractivity contribution in [1.29, 1.82) is 0 Å². The lowest BCUT2D eigenvalue weighted by molar-refractivity contribution is -0.384. The summed E-state index contributed by atoms with van der Waals surface area (Å²) in [7, 11) is 1.56. The van der Waals surface area contributed by atoms with Crippen LogP contribution in [0.25, 0.3) is 0 Å². The van der Waals surface area contributed by atoms with E-state index in [4.69, 9.17) is 21.1 Å². The topological polar surface area (TPSA) is 87.4 Å². The van der Waals surface area contributed by atoms with Crippen molar-refractivity contribution in [3.8, 4) is 10.9 Å². The summed E-state index contributed by atoms with van der Waals surface area (Å²) in [6.45, 7) is 1.81. The van der Waals surface area contributed by atoms with E-state index in [9.17, 15) is 10.1 Å². The highest BCUT2D eigenvalue weighted by atomic mass is 35.5. The van der Waals surface area contributed by atoms with Crippen molar-refractivity contribution in [1.82, 2.24) is 9.36 Å². The Morgan fingerprint density at radius 1 is 1.50 bits per heavy atom. The first-order valence-electron chi connectivity index (χ1n) is 5.49.